The monoisotopic (exact) mass is 168 g/mol. The van der Waals surface area contributed by atoms with Crippen molar-refractivity contribution in [3.8, 4) is 0 Å². The number of aromatic nitrogens is 4. The van der Waals surface area contributed by atoms with Gasteiger partial charge in [0.05, 0.1) is 11.9 Å². The summed E-state index contributed by atoms with van der Waals surface area (Å²) in [5, 5.41) is 4.34. The molecule has 2 aromatic heterocycles. The van der Waals surface area contributed by atoms with E-state index in [1.807, 2.05) is 6.92 Å². The van der Waals surface area contributed by atoms with Crippen LogP contribution in [0.2, 0.25) is 5.15 Å². The van der Waals surface area contributed by atoms with Crippen LogP contribution in [0.3, 0.4) is 0 Å². The fourth-order valence-corrected chi connectivity index (χ4v) is 1.08. The van der Waals surface area contributed by atoms with Gasteiger partial charge in [-0.3, -0.25) is 0 Å². The van der Waals surface area contributed by atoms with Crippen LogP contribution < -0.4 is 0 Å². The van der Waals surface area contributed by atoms with Gasteiger partial charge in [-0.2, -0.15) is 5.10 Å². The zero-order chi connectivity index (χ0) is 7.84. The van der Waals surface area contributed by atoms with E-state index in [0.29, 0.717) is 10.8 Å². The molecule has 0 bridgehead atoms. The normalized spacial score (nSPS) is 10.7. The van der Waals surface area contributed by atoms with Gasteiger partial charge in [0.15, 0.2) is 10.8 Å². The third kappa shape index (κ3) is 0.867. The smallest absolute Gasteiger partial charge is 0.193 e. The van der Waals surface area contributed by atoms with E-state index >= 15 is 0 Å². The Morgan fingerprint density at radius 2 is 2.27 bits per heavy atom. The number of halogens is 1. The standard InChI is InChI=1S/C6H5ClN4/c1-4-2-8-5(7)6-9-3-10-11(4)6/h2-3H,1H3. The molecule has 0 saturated carbocycles. The molecule has 0 N–H and O–H groups in total. The highest BCUT2D eigenvalue weighted by Crippen LogP contribution is 2.11. The Morgan fingerprint density at radius 1 is 1.45 bits per heavy atom. The molecular weight excluding hydrogens is 164 g/mol. The fraction of sp³-hybridized carbons (Fsp3) is 0.167. The molecule has 0 fully saturated rings. The highest BCUT2D eigenvalue weighted by molar-refractivity contribution is 6.32. The van der Waals surface area contributed by atoms with E-state index in [-0.39, 0.29) is 0 Å². The molecule has 0 aliphatic carbocycles. The van der Waals surface area contributed by atoms with Crippen molar-refractivity contribution in [3.05, 3.63) is 23.4 Å². The summed E-state index contributed by atoms with van der Waals surface area (Å²) < 4.78 is 1.65. The topological polar surface area (TPSA) is 43.1 Å². The number of fused-ring (bicyclic) bond motifs is 1. The Balaban J connectivity index is 2.96. The van der Waals surface area contributed by atoms with Gasteiger partial charge in [0.2, 0.25) is 0 Å². The molecule has 0 aliphatic rings. The number of rotatable bonds is 0. The second kappa shape index (κ2) is 2.17. The summed E-state index contributed by atoms with van der Waals surface area (Å²) in [6.07, 6.45) is 3.11. The van der Waals surface area contributed by atoms with Crippen molar-refractivity contribution in [2.75, 3.05) is 0 Å². The number of hydrogen-bond acceptors (Lipinski definition) is 3. The lowest BCUT2D eigenvalue weighted by molar-refractivity contribution is 0.898. The second-order valence-corrected chi connectivity index (χ2v) is 2.54. The summed E-state index contributed by atoms with van der Waals surface area (Å²) >= 11 is 5.74. The molecule has 2 rings (SSSR count). The fourth-order valence-electron chi connectivity index (χ4n) is 0.903. The summed E-state index contributed by atoms with van der Waals surface area (Å²) in [7, 11) is 0. The Bertz CT molecular complexity index is 358. The first-order chi connectivity index (χ1) is 5.29. The Morgan fingerprint density at radius 3 is 3.00 bits per heavy atom. The molecule has 11 heavy (non-hydrogen) atoms. The summed E-state index contributed by atoms with van der Waals surface area (Å²) in [6, 6.07) is 0. The minimum Gasteiger partial charge on any atom is -0.239 e. The van der Waals surface area contributed by atoms with Crippen LogP contribution in [0.5, 0.6) is 0 Å². The first-order valence-corrected chi connectivity index (χ1v) is 3.47. The third-order valence-corrected chi connectivity index (χ3v) is 1.70. The lowest BCUT2D eigenvalue weighted by atomic mass is 10.5. The lowest BCUT2D eigenvalue weighted by Gasteiger charge is -1.96. The van der Waals surface area contributed by atoms with Crippen molar-refractivity contribution in [3.63, 3.8) is 0 Å². The zero-order valence-electron chi connectivity index (χ0n) is 5.82. The summed E-state index contributed by atoms with van der Waals surface area (Å²) in [5.41, 5.74) is 1.52. The molecule has 0 atom stereocenters. The van der Waals surface area contributed by atoms with Crippen LogP contribution in [0.4, 0.5) is 0 Å². The quantitative estimate of drug-likeness (QED) is 0.592. The van der Waals surface area contributed by atoms with E-state index in [4.69, 9.17) is 11.6 Å². The van der Waals surface area contributed by atoms with Crippen molar-refractivity contribution in [1.29, 1.82) is 0 Å². The molecule has 0 radical (unpaired) electrons. The van der Waals surface area contributed by atoms with Gasteiger partial charge in [-0.05, 0) is 6.92 Å². The molecule has 5 heteroatoms. The van der Waals surface area contributed by atoms with Crippen molar-refractivity contribution in [2.45, 2.75) is 6.92 Å². The van der Waals surface area contributed by atoms with Crippen LogP contribution >= 0.6 is 11.6 Å². The van der Waals surface area contributed by atoms with Gasteiger partial charge in [-0.15, -0.1) is 0 Å². The van der Waals surface area contributed by atoms with Crippen molar-refractivity contribution in [1.82, 2.24) is 19.6 Å². The van der Waals surface area contributed by atoms with Crippen LogP contribution in [0.15, 0.2) is 12.5 Å². The zero-order valence-corrected chi connectivity index (χ0v) is 6.58. The van der Waals surface area contributed by atoms with Gasteiger partial charge in [-0.25, -0.2) is 14.5 Å². The van der Waals surface area contributed by atoms with Crippen LogP contribution in [-0.2, 0) is 0 Å². The van der Waals surface area contributed by atoms with Crippen LogP contribution in [0, 0.1) is 6.92 Å². The highest BCUT2D eigenvalue weighted by atomic mass is 35.5. The molecule has 4 nitrogen and oxygen atoms in total. The van der Waals surface area contributed by atoms with E-state index in [1.165, 1.54) is 6.33 Å². The van der Waals surface area contributed by atoms with Crippen LogP contribution in [0.1, 0.15) is 5.69 Å². The molecule has 0 aliphatic heterocycles. The van der Waals surface area contributed by atoms with Gasteiger partial charge in [0.1, 0.15) is 6.33 Å². The molecule has 0 spiro atoms. The third-order valence-electron chi connectivity index (χ3n) is 1.43. The van der Waals surface area contributed by atoms with E-state index in [1.54, 1.807) is 10.7 Å². The van der Waals surface area contributed by atoms with Crippen LogP contribution in [-0.4, -0.2) is 19.6 Å². The Labute approximate surface area is 67.8 Å². The van der Waals surface area contributed by atoms with Crippen LogP contribution in [0.25, 0.3) is 5.65 Å². The highest BCUT2D eigenvalue weighted by Gasteiger charge is 2.02. The first kappa shape index (κ1) is 6.54. The van der Waals surface area contributed by atoms with E-state index in [0.717, 1.165) is 5.69 Å². The Kier molecular flexibility index (Phi) is 1.29. The molecule has 0 aromatic carbocycles. The van der Waals surface area contributed by atoms with E-state index in [2.05, 4.69) is 15.1 Å². The summed E-state index contributed by atoms with van der Waals surface area (Å²) in [4.78, 5) is 7.86. The van der Waals surface area contributed by atoms with Crippen molar-refractivity contribution < 1.29 is 0 Å². The SMILES string of the molecule is Cc1cnc(Cl)c2ncnn12. The van der Waals surface area contributed by atoms with E-state index in [9.17, 15) is 0 Å². The van der Waals surface area contributed by atoms with Gasteiger partial charge in [-0.1, -0.05) is 11.6 Å². The molecule has 0 unspecified atom stereocenters. The maximum atomic E-state index is 5.74. The first-order valence-electron chi connectivity index (χ1n) is 3.10. The largest absolute Gasteiger partial charge is 0.239 e. The molecule has 0 saturated heterocycles. The van der Waals surface area contributed by atoms with Crippen molar-refractivity contribution in [2.24, 2.45) is 0 Å². The number of nitrogens with zero attached hydrogens (tertiary/aromatic N) is 4. The average Bonchev–Trinajstić information content (AvgIpc) is 2.45. The van der Waals surface area contributed by atoms with Gasteiger partial charge in [0, 0.05) is 0 Å². The lowest BCUT2D eigenvalue weighted by Crippen LogP contribution is -1.94. The minimum absolute atomic E-state index is 0.383. The maximum Gasteiger partial charge on any atom is 0.193 e. The minimum atomic E-state index is 0.383. The van der Waals surface area contributed by atoms with Gasteiger partial charge < -0.3 is 0 Å². The van der Waals surface area contributed by atoms with E-state index < -0.39 is 0 Å². The molecule has 2 aromatic rings. The molecule has 2 heterocycles. The number of aryl methyl sites for hydroxylation is 1. The van der Waals surface area contributed by atoms with Crippen molar-refractivity contribution >= 4 is 17.2 Å². The van der Waals surface area contributed by atoms with Gasteiger partial charge >= 0.3 is 0 Å². The molecule has 0 amide bonds. The maximum absolute atomic E-state index is 5.74. The predicted molar refractivity (Wildman–Crippen MR) is 40.5 cm³/mol. The number of hydrogen-bond donors (Lipinski definition) is 0. The summed E-state index contributed by atoms with van der Waals surface area (Å²) in [5.74, 6) is 0. The second-order valence-electron chi connectivity index (χ2n) is 2.19. The average molecular weight is 169 g/mol. The molecular formula is C6H5ClN4. The summed E-state index contributed by atoms with van der Waals surface area (Å²) in [6.45, 7) is 1.89. The predicted octanol–water partition coefficient (Wildman–Crippen LogP) is 1.09. The van der Waals surface area contributed by atoms with Gasteiger partial charge in [0.25, 0.3) is 0 Å². The molecule has 56 valence electrons. The Hall–Kier alpha value is -1.16.